The first kappa shape index (κ1) is 41.1. The van der Waals surface area contributed by atoms with Crippen LogP contribution in [0.15, 0.2) is 195 Å². The number of halogens is 2. The zero-order valence-electron chi connectivity index (χ0n) is 34.9. The Balaban J connectivity index is 0.000000150. The highest BCUT2D eigenvalue weighted by Gasteiger charge is 2.22. The Hall–Kier alpha value is -5.68. The lowest BCUT2D eigenvalue weighted by Crippen LogP contribution is -2.11. The van der Waals surface area contributed by atoms with Gasteiger partial charge in [0.15, 0.2) is 0 Å². The molecule has 0 atom stereocenters. The van der Waals surface area contributed by atoms with E-state index in [1.807, 2.05) is 18.2 Å². The molecule has 0 radical (unpaired) electrons. The summed E-state index contributed by atoms with van der Waals surface area (Å²) in [5.41, 5.74) is 14.6. The Bertz CT molecular complexity index is 3060. The molecule has 2 nitrogen and oxygen atoms in total. The molecule has 10 aromatic rings. The summed E-state index contributed by atoms with van der Waals surface area (Å²) in [6.07, 6.45) is 0. The third kappa shape index (κ3) is 8.92. The monoisotopic (exact) mass is 910 g/mol. The van der Waals surface area contributed by atoms with Crippen molar-refractivity contribution in [3.05, 3.63) is 192 Å². The van der Waals surface area contributed by atoms with E-state index in [9.17, 15) is 0 Å². The van der Waals surface area contributed by atoms with Crippen LogP contribution in [0.25, 0.3) is 88.4 Å². The van der Waals surface area contributed by atoms with Gasteiger partial charge in [-0.2, -0.15) is 0 Å². The molecule has 2 heterocycles. The Morgan fingerprint density at radius 3 is 1.25 bits per heavy atom. The molecule has 0 bridgehead atoms. The number of hydrogen-bond acceptors (Lipinski definition) is 2. The molecule has 0 aliphatic carbocycles. The maximum Gasteiger partial charge on any atom is 0.143 e. The van der Waals surface area contributed by atoms with E-state index < -0.39 is 0 Å². The number of alkyl halides is 1. The molecule has 298 valence electrons. The van der Waals surface area contributed by atoms with Gasteiger partial charge in [-0.25, -0.2) is 0 Å². The predicted octanol–water partition coefficient (Wildman–Crippen LogP) is 18.1. The highest BCUT2D eigenvalue weighted by atomic mass is 79.9. The van der Waals surface area contributed by atoms with Crippen LogP contribution in [0.3, 0.4) is 0 Å². The number of fused-ring (bicyclic) bond motifs is 6. The number of hydrogen-bond donors (Lipinski definition) is 0. The summed E-state index contributed by atoms with van der Waals surface area (Å²) in [7, 11) is 0. The first-order valence-corrected chi connectivity index (χ1v) is 22.0. The van der Waals surface area contributed by atoms with Gasteiger partial charge in [0.25, 0.3) is 0 Å². The SMILES string of the molecule is Brc1cccc2oc3c(-c4cccc(-c5ccccc5)c4)cccc3c12.CC(C)(C)Br.CC(C)(C)c1cccc2oc3c(-c4cccc(-c5ccccc5)c4)cccc3c12. The van der Waals surface area contributed by atoms with Gasteiger partial charge in [-0.3, -0.25) is 0 Å². The smallest absolute Gasteiger partial charge is 0.143 e. The normalized spacial score (nSPS) is 11.7. The summed E-state index contributed by atoms with van der Waals surface area (Å²) >= 11 is 7.04. The minimum Gasteiger partial charge on any atom is -0.455 e. The molecule has 60 heavy (non-hydrogen) atoms. The fourth-order valence-electron chi connectivity index (χ4n) is 7.73. The van der Waals surface area contributed by atoms with E-state index in [4.69, 9.17) is 8.83 Å². The summed E-state index contributed by atoms with van der Waals surface area (Å²) in [5.74, 6) is 0. The fourth-order valence-corrected chi connectivity index (χ4v) is 8.29. The van der Waals surface area contributed by atoms with Crippen molar-refractivity contribution < 1.29 is 8.83 Å². The second-order valence-corrected chi connectivity index (χ2v) is 20.3. The van der Waals surface area contributed by atoms with Crippen LogP contribution >= 0.6 is 31.9 Å². The first-order valence-electron chi connectivity index (χ1n) is 20.4. The van der Waals surface area contributed by atoms with Crippen molar-refractivity contribution in [3.8, 4) is 44.5 Å². The van der Waals surface area contributed by atoms with Crippen molar-refractivity contribution in [1.82, 2.24) is 0 Å². The molecule has 0 fully saturated rings. The van der Waals surface area contributed by atoms with E-state index in [-0.39, 0.29) is 5.41 Å². The average molecular weight is 913 g/mol. The highest BCUT2D eigenvalue weighted by molar-refractivity contribution is 9.10. The zero-order chi connectivity index (χ0) is 42.0. The van der Waals surface area contributed by atoms with Gasteiger partial charge in [-0.05, 0) is 74.7 Å². The highest BCUT2D eigenvalue weighted by Crippen LogP contribution is 2.42. The molecule has 10 rings (SSSR count). The van der Waals surface area contributed by atoms with E-state index in [2.05, 4.69) is 237 Å². The maximum atomic E-state index is 6.42. The van der Waals surface area contributed by atoms with Crippen LogP contribution in [0.1, 0.15) is 47.1 Å². The summed E-state index contributed by atoms with van der Waals surface area (Å²) in [6.45, 7) is 13.1. The fraction of sp³-hybridized carbons (Fsp3) is 0.143. The van der Waals surface area contributed by atoms with Crippen molar-refractivity contribution in [1.29, 1.82) is 0 Å². The minimum absolute atomic E-state index is 0.0551. The second kappa shape index (κ2) is 17.1. The van der Waals surface area contributed by atoms with E-state index >= 15 is 0 Å². The molecule has 4 heteroatoms. The topological polar surface area (TPSA) is 26.3 Å². The van der Waals surface area contributed by atoms with Crippen molar-refractivity contribution in [2.75, 3.05) is 0 Å². The number of para-hydroxylation sites is 2. The van der Waals surface area contributed by atoms with Crippen molar-refractivity contribution in [2.45, 2.75) is 51.3 Å². The van der Waals surface area contributed by atoms with E-state index in [1.165, 1.54) is 44.2 Å². The summed E-state index contributed by atoms with van der Waals surface area (Å²) < 4.78 is 14.0. The van der Waals surface area contributed by atoms with Gasteiger partial charge < -0.3 is 8.83 Å². The Morgan fingerprint density at radius 2 is 0.767 bits per heavy atom. The number of rotatable bonds is 4. The second-order valence-electron chi connectivity index (χ2n) is 17.1. The van der Waals surface area contributed by atoms with Gasteiger partial charge in [-0.1, -0.05) is 225 Å². The van der Waals surface area contributed by atoms with Crippen molar-refractivity contribution in [2.24, 2.45) is 0 Å². The van der Waals surface area contributed by atoms with Crippen LogP contribution in [0.2, 0.25) is 0 Å². The molecule has 0 aliphatic rings. The summed E-state index contributed by atoms with van der Waals surface area (Å²) in [4.78, 5) is 0. The molecular formula is C56H48Br2O2. The van der Waals surface area contributed by atoms with E-state index in [0.717, 1.165) is 54.3 Å². The van der Waals surface area contributed by atoms with Gasteiger partial charge >= 0.3 is 0 Å². The largest absolute Gasteiger partial charge is 0.455 e. The van der Waals surface area contributed by atoms with Gasteiger partial charge in [0.2, 0.25) is 0 Å². The first-order chi connectivity index (χ1) is 28.8. The third-order valence-corrected chi connectivity index (χ3v) is 11.0. The van der Waals surface area contributed by atoms with Crippen LogP contribution in [-0.4, -0.2) is 4.32 Å². The molecule has 0 saturated carbocycles. The van der Waals surface area contributed by atoms with E-state index in [0.29, 0.717) is 4.32 Å². The molecule has 0 unspecified atom stereocenters. The summed E-state index contributed by atoms with van der Waals surface area (Å²) in [5, 5.41) is 4.68. The predicted molar refractivity (Wildman–Crippen MR) is 264 cm³/mol. The van der Waals surface area contributed by atoms with Crippen LogP contribution in [0.5, 0.6) is 0 Å². The molecular weight excluding hydrogens is 864 g/mol. The molecule has 0 amide bonds. The zero-order valence-corrected chi connectivity index (χ0v) is 38.1. The van der Waals surface area contributed by atoms with Crippen LogP contribution < -0.4 is 0 Å². The average Bonchev–Trinajstić information content (AvgIpc) is 3.83. The molecule has 0 saturated heterocycles. The third-order valence-electron chi connectivity index (χ3n) is 10.4. The lowest BCUT2D eigenvalue weighted by atomic mass is 9.84. The van der Waals surface area contributed by atoms with Gasteiger partial charge in [0, 0.05) is 41.5 Å². The quantitative estimate of drug-likeness (QED) is 0.164. The molecule has 8 aromatic carbocycles. The van der Waals surface area contributed by atoms with Crippen molar-refractivity contribution >= 4 is 75.7 Å². The van der Waals surface area contributed by atoms with Gasteiger partial charge in [0.05, 0.1) is 0 Å². The Morgan fingerprint density at radius 1 is 0.383 bits per heavy atom. The van der Waals surface area contributed by atoms with Gasteiger partial charge in [-0.15, -0.1) is 0 Å². The van der Waals surface area contributed by atoms with Gasteiger partial charge in [0.1, 0.15) is 22.3 Å². The van der Waals surface area contributed by atoms with Crippen LogP contribution in [0.4, 0.5) is 0 Å². The van der Waals surface area contributed by atoms with E-state index in [1.54, 1.807) is 0 Å². The molecule has 0 N–H and O–H groups in total. The maximum absolute atomic E-state index is 6.42. The molecule has 0 spiro atoms. The minimum atomic E-state index is 0.0551. The van der Waals surface area contributed by atoms with Crippen LogP contribution in [0, 0.1) is 0 Å². The number of benzene rings is 8. The van der Waals surface area contributed by atoms with Crippen LogP contribution in [-0.2, 0) is 5.41 Å². The lowest BCUT2D eigenvalue weighted by Gasteiger charge is -2.19. The summed E-state index contributed by atoms with van der Waals surface area (Å²) in [6, 6.07) is 63.6. The molecule has 0 aliphatic heterocycles. The lowest BCUT2D eigenvalue weighted by molar-refractivity contribution is 0.594. The number of furan rings is 2. The standard InChI is InChI=1S/C28H24O.C24H15BrO.C4H9Br/c1-28(2,3)24-16-9-17-25-26(24)23-15-8-14-22(27(23)29-25)21-13-7-12-20(18-21)19-10-5-4-6-11-19;25-21-13-6-14-22-23(21)20-12-5-11-19(24(20)26-22)18-10-4-9-17(15-18)16-7-2-1-3-8-16;1-4(2,3)5/h4-18H,1-3H3;1-15H;1-3H3. The molecule has 2 aromatic heterocycles. The van der Waals surface area contributed by atoms with Crippen molar-refractivity contribution in [3.63, 3.8) is 0 Å². The Kier molecular flexibility index (Phi) is 11.7. The Labute approximate surface area is 370 Å².